The van der Waals surface area contributed by atoms with Gasteiger partial charge in [0, 0.05) is 22.2 Å². The van der Waals surface area contributed by atoms with Crippen molar-refractivity contribution in [2.75, 3.05) is 20.2 Å². The van der Waals surface area contributed by atoms with Crippen molar-refractivity contribution in [2.45, 2.75) is 51.0 Å². The van der Waals surface area contributed by atoms with Crippen LogP contribution in [0.3, 0.4) is 0 Å². The molecule has 3 aromatic rings. The van der Waals surface area contributed by atoms with Gasteiger partial charge in [-0.25, -0.2) is 4.79 Å². The van der Waals surface area contributed by atoms with Crippen LogP contribution in [0.25, 0.3) is 0 Å². The third kappa shape index (κ3) is 12.6. The molecule has 0 bridgehead atoms. The summed E-state index contributed by atoms with van der Waals surface area (Å²) in [6.45, 7) is 0.300. The van der Waals surface area contributed by atoms with E-state index in [1.54, 1.807) is 42.5 Å². The first-order chi connectivity index (χ1) is 22.2. The van der Waals surface area contributed by atoms with Crippen LogP contribution in [0, 0.1) is 0 Å². The first-order valence-corrected chi connectivity index (χ1v) is 15.4. The monoisotopic (exact) mass is 672 g/mol. The molecule has 13 heteroatoms. The first-order valence-electron chi connectivity index (χ1n) is 14.7. The molecule has 11 nitrogen and oxygen atoms in total. The Labute approximate surface area is 278 Å². The van der Waals surface area contributed by atoms with Gasteiger partial charge in [-0.3, -0.25) is 14.4 Å². The molecular weight excluding hydrogens is 635 g/mol. The van der Waals surface area contributed by atoms with Crippen molar-refractivity contribution in [1.29, 1.82) is 0 Å². The highest BCUT2D eigenvalue weighted by atomic mass is 35.5. The van der Waals surface area contributed by atoms with Gasteiger partial charge in [-0.15, -0.1) is 0 Å². The van der Waals surface area contributed by atoms with E-state index in [-0.39, 0.29) is 32.6 Å². The van der Waals surface area contributed by atoms with Gasteiger partial charge in [0.15, 0.2) is 0 Å². The van der Waals surface area contributed by atoms with Gasteiger partial charge in [-0.2, -0.15) is 0 Å². The van der Waals surface area contributed by atoms with Gasteiger partial charge in [-0.05, 0) is 61.1 Å². The average molecular weight is 674 g/mol. The normalized spacial score (nSPS) is 11.9. The van der Waals surface area contributed by atoms with Crippen LogP contribution in [-0.4, -0.2) is 56.2 Å². The minimum absolute atomic E-state index is 0.151. The van der Waals surface area contributed by atoms with Gasteiger partial charge in [0.05, 0.1) is 13.2 Å². The Hall–Kier alpha value is -4.32. The molecule has 0 saturated carbocycles. The fraction of sp³-hybridized carbons (Fsp3) is 0.333. The van der Waals surface area contributed by atoms with Crippen molar-refractivity contribution in [3.8, 4) is 5.75 Å². The molecule has 0 aliphatic carbocycles. The molecule has 0 unspecified atom stereocenters. The lowest BCUT2D eigenvalue weighted by Gasteiger charge is -2.21. The minimum Gasteiger partial charge on any atom is -0.489 e. The molecular formula is C33H38Cl2N4O7. The Kier molecular flexibility index (Phi) is 15.1. The summed E-state index contributed by atoms with van der Waals surface area (Å²) in [6, 6.07) is 19.7. The number of amides is 3. The Morgan fingerprint density at radius 1 is 0.804 bits per heavy atom. The highest BCUT2D eigenvalue weighted by Gasteiger charge is 2.24. The van der Waals surface area contributed by atoms with Crippen LogP contribution in [-0.2, 0) is 43.5 Å². The summed E-state index contributed by atoms with van der Waals surface area (Å²) < 4.78 is 15.6. The second-order valence-corrected chi connectivity index (χ2v) is 11.1. The number of hydrogen-bond acceptors (Lipinski definition) is 8. The molecule has 246 valence electrons. The highest BCUT2D eigenvalue weighted by molar-refractivity contribution is 6.35. The van der Waals surface area contributed by atoms with E-state index in [9.17, 15) is 19.2 Å². The number of nitrogens with one attached hydrogen (secondary N) is 3. The van der Waals surface area contributed by atoms with Crippen LogP contribution in [0.15, 0.2) is 72.8 Å². The summed E-state index contributed by atoms with van der Waals surface area (Å²) in [4.78, 5) is 49.3. The first kappa shape index (κ1) is 36.2. The Morgan fingerprint density at radius 3 is 2.17 bits per heavy atom. The Morgan fingerprint density at radius 2 is 1.50 bits per heavy atom. The highest BCUT2D eigenvalue weighted by Crippen LogP contribution is 2.26. The van der Waals surface area contributed by atoms with Gasteiger partial charge in [0.2, 0.25) is 11.8 Å². The smallest absolute Gasteiger partial charge is 0.407 e. The van der Waals surface area contributed by atoms with Gasteiger partial charge in [0.25, 0.3) is 0 Å². The maximum absolute atomic E-state index is 13.0. The maximum atomic E-state index is 13.0. The predicted molar refractivity (Wildman–Crippen MR) is 174 cm³/mol. The lowest BCUT2D eigenvalue weighted by molar-refractivity contribution is -0.141. The van der Waals surface area contributed by atoms with Gasteiger partial charge in [0.1, 0.15) is 31.5 Å². The molecule has 0 heterocycles. The number of esters is 1. The molecule has 0 fully saturated rings. The molecule has 46 heavy (non-hydrogen) atoms. The van der Waals surface area contributed by atoms with Crippen molar-refractivity contribution in [3.63, 3.8) is 0 Å². The second kappa shape index (κ2) is 19.3. The van der Waals surface area contributed by atoms with Crippen LogP contribution in [0.5, 0.6) is 5.75 Å². The van der Waals surface area contributed by atoms with E-state index < -0.39 is 36.0 Å². The predicted octanol–water partition coefficient (Wildman–Crippen LogP) is 4.31. The van der Waals surface area contributed by atoms with Crippen LogP contribution in [0.2, 0.25) is 10.0 Å². The minimum atomic E-state index is -0.958. The summed E-state index contributed by atoms with van der Waals surface area (Å²) in [6.07, 6.45) is 0.883. The number of ether oxygens (including phenoxy) is 3. The zero-order valence-corrected chi connectivity index (χ0v) is 26.9. The number of carbonyl (C=O) groups is 4. The molecule has 3 aromatic carbocycles. The molecule has 3 amide bonds. The van der Waals surface area contributed by atoms with E-state index in [0.29, 0.717) is 40.7 Å². The fourth-order valence-electron chi connectivity index (χ4n) is 4.23. The number of hydrogen-bond donors (Lipinski definition) is 4. The number of benzene rings is 3. The summed E-state index contributed by atoms with van der Waals surface area (Å²) in [5, 5.41) is 8.83. The largest absolute Gasteiger partial charge is 0.489 e. The van der Waals surface area contributed by atoms with Crippen molar-refractivity contribution < 1.29 is 33.4 Å². The van der Waals surface area contributed by atoms with E-state index in [2.05, 4.69) is 20.7 Å². The van der Waals surface area contributed by atoms with E-state index in [1.807, 2.05) is 30.3 Å². The zero-order chi connectivity index (χ0) is 33.3. The summed E-state index contributed by atoms with van der Waals surface area (Å²) >= 11 is 12.4. The van der Waals surface area contributed by atoms with E-state index in [1.165, 1.54) is 7.11 Å². The van der Waals surface area contributed by atoms with E-state index in [4.69, 9.17) is 38.4 Å². The molecule has 0 aliphatic heterocycles. The van der Waals surface area contributed by atoms with Crippen LogP contribution in [0.1, 0.15) is 36.0 Å². The Bertz CT molecular complexity index is 1420. The van der Waals surface area contributed by atoms with E-state index >= 15 is 0 Å². The lowest BCUT2D eigenvalue weighted by atomic mass is 10.0. The second-order valence-electron chi connectivity index (χ2n) is 10.3. The topological polar surface area (TPSA) is 158 Å². The van der Waals surface area contributed by atoms with Gasteiger partial charge in [-0.1, -0.05) is 71.7 Å². The average Bonchev–Trinajstić information content (AvgIpc) is 3.06. The summed E-state index contributed by atoms with van der Waals surface area (Å²) in [5.74, 6) is -1.13. The molecule has 0 radical (unpaired) electrons. The molecule has 0 aliphatic rings. The molecule has 0 spiro atoms. The van der Waals surface area contributed by atoms with Crippen LogP contribution >= 0.6 is 23.2 Å². The van der Waals surface area contributed by atoms with Gasteiger partial charge < -0.3 is 35.9 Å². The molecule has 5 N–H and O–H groups in total. The van der Waals surface area contributed by atoms with Crippen molar-refractivity contribution in [3.05, 3.63) is 99.5 Å². The van der Waals surface area contributed by atoms with E-state index in [0.717, 1.165) is 11.1 Å². The number of unbranched alkanes of at least 4 members (excludes halogenated alkanes) is 1. The standard InChI is InChI=1S/C33H38Cl2N4O7/c1-44-30(40)19-38-32(42)29(12-5-6-17-37-33(43)46-20-23-8-3-2-4-9-23)39-31(41)28(36)18-22-13-15-24(16-14-22)45-21-25-26(34)10-7-11-27(25)35/h2-4,7-11,13-16,28-29H,5-6,12,17-21,36H2,1H3,(H,37,43)(H,38,42)(H,39,41)/t28-,29-/m0/s1. The number of methoxy groups -OCH3 is 1. The van der Waals surface area contributed by atoms with Crippen molar-refractivity contribution in [2.24, 2.45) is 5.73 Å². The lowest BCUT2D eigenvalue weighted by Crippen LogP contribution is -2.52. The molecule has 2 atom stereocenters. The van der Waals surface area contributed by atoms with Crippen LogP contribution < -0.4 is 26.4 Å². The molecule has 0 aromatic heterocycles. The SMILES string of the molecule is COC(=O)CNC(=O)[C@H](CCCCNC(=O)OCc1ccccc1)NC(=O)[C@@H](N)Cc1ccc(OCc2c(Cl)cccc2Cl)cc1. The molecule has 3 rings (SSSR count). The number of alkyl carbamates (subject to hydrolysis) is 1. The third-order valence-corrected chi connectivity index (χ3v) is 7.54. The number of carbonyl (C=O) groups excluding carboxylic acids is 4. The zero-order valence-electron chi connectivity index (χ0n) is 25.4. The van der Waals surface area contributed by atoms with Crippen molar-refractivity contribution in [1.82, 2.24) is 16.0 Å². The third-order valence-electron chi connectivity index (χ3n) is 6.83. The Balaban J connectivity index is 1.47. The van der Waals surface area contributed by atoms with Crippen molar-refractivity contribution >= 4 is 47.1 Å². The van der Waals surface area contributed by atoms with Crippen LogP contribution in [0.4, 0.5) is 4.79 Å². The summed E-state index contributed by atoms with van der Waals surface area (Å²) in [5.41, 5.74) is 8.51. The molecule has 0 saturated heterocycles. The maximum Gasteiger partial charge on any atom is 0.407 e. The number of nitrogens with two attached hydrogens (primary N) is 1. The quantitative estimate of drug-likeness (QED) is 0.122. The number of halogens is 2. The van der Waals surface area contributed by atoms with Gasteiger partial charge >= 0.3 is 12.1 Å². The number of rotatable bonds is 17. The fourth-order valence-corrected chi connectivity index (χ4v) is 4.74. The summed E-state index contributed by atoms with van der Waals surface area (Å²) in [7, 11) is 1.21.